The number of hydrogen-bond donors (Lipinski definition) is 2. The Morgan fingerprint density at radius 2 is 2.41 bits per heavy atom. The van der Waals surface area contributed by atoms with E-state index < -0.39 is 0 Å². The van der Waals surface area contributed by atoms with Gasteiger partial charge in [-0.2, -0.15) is 0 Å². The van der Waals surface area contributed by atoms with Crippen LogP contribution in [0.2, 0.25) is 0 Å². The molecular weight excluding hydrogens is 212 g/mol. The molecule has 0 bridgehead atoms. The lowest BCUT2D eigenvalue weighted by atomic mass is 10.0. The topological polar surface area (TPSA) is 41.1 Å². The normalized spacial score (nSPS) is 23.1. The number of rotatable bonds is 2. The number of amides is 1. The third-order valence-electron chi connectivity index (χ3n) is 3.11. The van der Waals surface area contributed by atoms with Gasteiger partial charge in [0.2, 0.25) is 5.91 Å². The van der Waals surface area contributed by atoms with E-state index >= 15 is 0 Å². The molecule has 2 rings (SSSR count). The predicted octanol–water partition coefficient (Wildman–Crippen LogP) is 1.60. The van der Waals surface area contributed by atoms with E-state index in [0.29, 0.717) is 5.92 Å². The molecule has 0 radical (unpaired) electrons. The van der Waals surface area contributed by atoms with Crippen LogP contribution in [0.4, 0.5) is 5.69 Å². The SMILES string of the molecule is C#Cc1cccc(NC(=O)C2NCCC2C)c1. The molecule has 1 aromatic rings. The summed E-state index contributed by atoms with van der Waals surface area (Å²) in [5, 5.41) is 6.09. The van der Waals surface area contributed by atoms with Crippen LogP contribution in [0.15, 0.2) is 24.3 Å². The van der Waals surface area contributed by atoms with E-state index in [0.717, 1.165) is 24.2 Å². The zero-order valence-corrected chi connectivity index (χ0v) is 9.86. The molecule has 2 unspecified atom stereocenters. The zero-order valence-electron chi connectivity index (χ0n) is 9.86. The fourth-order valence-corrected chi connectivity index (χ4v) is 2.09. The Morgan fingerprint density at radius 3 is 3.06 bits per heavy atom. The summed E-state index contributed by atoms with van der Waals surface area (Å²) >= 11 is 0. The van der Waals surface area contributed by atoms with Crippen molar-refractivity contribution < 1.29 is 4.79 Å². The van der Waals surface area contributed by atoms with Gasteiger partial charge in [-0.25, -0.2) is 0 Å². The molecule has 2 N–H and O–H groups in total. The van der Waals surface area contributed by atoms with E-state index in [-0.39, 0.29) is 11.9 Å². The number of anilines is 1. The highest BCUT2D eigenvalue weighted by Crippen LogP contribution is 2.17. The summed E-state index contributed by atoms with van der Waals surface area (Å²) in [5.74, 6) is 2.95. The highest BCUT2D eigenvalue weighted by atomic mass is 16.2. The zero-order chi connectivity index (χ0) is 12.3. The van der Waals surface area contributed by atoms with Gasteiger partial charge in [0.15, 0.2) is 0 Å². The molecule has 17 heavy (non-hydrogen) atoms. The van der Waals surface area contributed by atoms with E-state index in [1.165, 1.54) is 0 Å². The number of nitrogens with one attached hydrogen (secondary N) is 2. The van der Waals surface area contributed by atoms with Crippen LogP contribution in [0, 0.1) is 18.3 Å². The van der Waals surface area contributed by atoms with E-state index in [9.17, 15) is 4.79 Å². The van der Waals surface area contributed by atoms with Crippen molar-refractivity contribution in [1.29, 1.82) is 0 Å². The molecule has 1 aliphatic heterocycles. The highest BCUT2D eigenvalue weighted by Gasteiger charge is 2.29. The van der Waals surface area contributed by atoms with Gasteiger partial charge < -0.3 is 10.6 Å². The number of hydrogen-bond acceptors (Lipinski definition) is 2. The number of benzene rings is 1. The lowest BCUT2D eigenvalue weighted by Crippen LogP contribution is -2.39. The van der Waals surface area contributed by atoms with Gasteiger partial charge >= 0.3 is 0 Å². The van der Waals surface area contributed by atoms with E-state index in [2.05, 4.69) is 23.5 Å². The summed E-state index contributed by atoms with van der Waals surface area (Å²) in [4.78, 5) is 12.0. The average Bonchev–Trinajstić information content (AvgIpc) is 2.76. The van der Waals surface area contributed by atoms with Crippen molar-refractivity contribution in [1.82, 2.24) is 5.32 Å². The van der Waals surface area contributed by atoms with Crippen molar-refractivity contribution in [3.63, 3.8) is 0 Å². The van der Waals surface area contributed by atoms with Crippen molar-refractivity contribution in [3.8, 4) is 12.3 Å². The molecule has 88 valence electrons. The Morgan fingerprint density at radius 1 is 1.59 bits per heavy atom. The minimum atomic E-state index is -0.0931. The van der Waals surface area contributed by atoms with Gasteiger partial charge in [-0.05, 0) is 37.1 Å². The molecule has 0 spiro atoms. The van der Waals surface area contributed by atoms with Crippen molar-refractivity contribution in [3.05, 3.63) is 29.8 Å². The van der Waals surface area contributed by atoms with Crippen LogP contribution in [0.25, 0.3) is 0 Å². The maximum atomic E-state index is 12.0. The van der Waals surface area contributed by atoms with Crippen LogP contribution in [-0.2, 0) is 4.79 Å². The summed E-state index contributed by atoms with van der Waals surface area (Å²) in [5.41, 5.74) is 1.53. The van der Waals surface area contributed by atoms with Gasteiger partial charge in [0.1, 0.15) is 0 Å². The molecule has 1 aliphatic rings. The van der Waals surface area contributed by atoms with E-state index in [4.69, 9.17) is 6.42 Å². The maximum Gasteiger partial charge on any atom is 0.241 e. The highest BCUT2D eigenvalue weighted by molar-refractivity contribution is 5.95. The summed E-state index contributed by atoms with van der Waals surface area (Å²) in [7, 11) is 0. The van der Waals surface area contributed by atoms with E-state index in [1.54, 1.807) is 6.07 Å². The Hall–Kier alpha value is -1.79. The second-order valence-corrected chi connectivity index (χ2v) is 4.41. The standard InChI is InChI=1S/C14H16N2O/c1-3-11-5-4-6-12(9-11)16-14(17)13-10(2)7-8-15-13/h1,4-6,9-10,13,15H,7-8H2,2H3,(H,16,17). The third-order valence-corrected chi connectivity index (χ3v) is 3.11. The van der Waals surface area contributed by atoms with Crippen LogP contribution in [0.1, 0.15) is 18.9 Å². The Bertz CT molecular complexity index is 462. The second kappa shape index (κ2) is 5.03. The first-order valence-corrected chi connectivity index (χ1v) is 5.81. The molecule has 3 nitrogen and oxygen atoms in total. The smallest absolute Gasteiger partial charge is 0.241 e. The monoisotopic (exact) mass is 228 g/mol. The first-order chi connectivity index (χ1) is 8.20. The minimum absolute atomic E-state index is 0.0178. The summed E-state index contributed by atoms with van der Waals surface area (Å²) in [6.45, 7) is 2.99. The van der Waals surface area contributed by atoms with Crippen LogP contribution in [0.5, 0.6) is 0 Å². The summed E-state index contributed by atoms with van der Waals surface area (Å²) < 4.78 is 0. The van der Waals surface area contributed by atoms with Crippen molar-refractivity contribution >= 4 is 11.6 Å². The fourth-order valence-electron chi connectivity index (χ4n) is 2.09. The minimum Gasteiger partial charge on any atom is -0.325 e. The summed E-state index contributed by atoms with van der Waals surface area (Å²) in [6, 6.07) is 7.24. The van der Waals surface area contributed by atoms with Crippen molar-refractivity contribution in [2.75, 3.05) is 11.9 Å². The molecule has 0 aliphatic carbocycles. The van der Waals surface area contributed by atoms with Gasteiger partial charge in [0.05, 0.1) is 6.04 Å². The predicted molar refractivity (Wildman–Crippen MR) is 68.6 cm³/mol. The molecule has 1 aromatic carbocycles. The van der Waals surface area contributed by atoms with Gasteiger partial charge in [-0.1, -0.05) is 18.9 Å². The molecular formula is C14H16N2O. The lowest BCUT2D eigenvalue weighted by molar-refractivity contribution is -0.118. The summed E-state index contributed by atoms with van der Waals surface area (Å²) in [6.07, 6.45) is 6.36. The van der Waals surface area contributed by atoms with Crippen LogP contribution < -0.4 is 10.6 Å². The number of carbonyl (C=O) groups excluding carboxylic acids is 1. The lowest BCUT2D eigenvalue weighted by Gasteiger charge is -2.15. The Kier molecular flexibility index (Phi) is 3.46. The first-order valence-electron chi connectivity index (χ1n) is 5.81. The van der Waals surface area contributed by atoms with Gasteiger partial charge in [-0.15, -0.1) is 6.42 Å². The first kappa shape index (κ1) is 11.7. The van der Waals surface area contributed by atoms with Gasteiger partial charge in [-0.3, -0.25) is 4.79 Å². The second-order valence-electron chi connectivity index (χ2n) is 4.41. The molecule has 2 atom stereocenters. The average molecular weight is 228 g/mol. The molecule has 1 heterocycles. The van der Waals surface area contributed by atoms with Crippen LogP contribution >= 0.6 is 0 Å². The quantitative estimate of drug-likeness (QED) is 0.755. The fraction of sp³-hybridized carbons (Fsp3) is 0.357. The van der Waals surface area contributed by atoms with Crippen molar-refractivity contribution in [2.24, 2.45) is 5.92 Å². The molecule has 0 saturated carbocycles. The van der Waals surface area contributed by atoms with Gasteiger partial charge in [0, 0.05) is 11.3 Å². The third kappa shape index (κ3) is 2.66. The Balaban J connectivity index is 2.05. The number of carbonyl (C=O) groups is 1. The largest absolute Gasteiger partial charge is 0.325 e. The number of terminal acetylenes is 1. The maximum absolute atomic E-state index is 12.0. The molecule has 1 amide bonds. The molecule has 0 aromatic heterocycles. The van der Waals surface area contributed by atoms with Crippen LogP contribution in [-0.4, -0.2) is 18.5 Å². The molecule has 3 heteroatoms. The molecule has 1 fully saturated rings. The Labute approximate surface area is 102 Å². The van der Waals surface area contributed by atoms with E-state index in [1.807, 2.05) is 18.2 Å². The van der Waals surface area contributed by atoms with Crippen LogP contribution in [0.3, 0.4) is 0 Å². The van der Waals surface area contributed by atoms with Gasteiger partial charge in [0.25, 0.3) is 0 Å². The van der Waals surface area contributed by atoms with Crippen molar-refractivity contribution in [2.45, 2.75) is 19.4 Å². The molecule has 1 saturated heterocycles.